The van der Waals surface area contributed by atoms with E-state index in [0.29, 0.717) is 6.54 Å². The molecule has 0 aliphatic carbocycles. The largest absolute Gasteiger partial charge is 0.387 e. The molecule has 80 valence electrons. The van der Waals surface area contributed by atoms with Gasteiger partial charge >= 0.3 is 0 Å². The van der Waals surface area contributed by atoms with Gasteiger partial charge in [0, 0.05) is 6.04 Å². The standard InChI is InChI=1S/C13H17NO/c1-4-10-14(3)11(2)13(15)12-8-6-5-7-9-12/h1,5-9,11,13,15H,10H2,2-3H3/t11-,13-/m0/s1. The number of aliphatic hydroxyl groups excluding tert-OH is 1. The molecule has 1 aromatic rings. The predicted molar refractivity (Wildman–Crippen MR) is 62.3 cm³/mol. The van der Waals surface area contributed by atoms with Gasteiger partial charge < -0.3 is 5.11 Å². The van der Waals surface area contributed by atoms with Gasteiger partial charge in [-0.15, -0.1) is 6.42 Å². The maximum Gasteiger partial charge on any atom is 0.0942 e. The van der Waals surface area contributed by atoms with Crippen molar-refractivity contribution < 1.29 is 5.11 Å². The van der Waals surface area contributed by atoms with Crippen LogP contribution in [0.4, 0.5) is 0 Å². The minimum Gasteiger partial charge on any atom is -0.387 e. The normalized spacial score (nSPS) is 14.6. The summed E-state index contributed by atoms with van der Waals surface area (Å²) in [5.74, 6) is 2.57. The lowest BCUT2D eigenvalue weighted by Gasteiger charge is -2.27. The molecule has 1 aromatic carbocycles. The molecule has 0 aliphatic heterocycles. The van der Waals surface area contributed by atoms with Crippen LogP contribution in [0.25, 0.3) is 0 Å². The van der Waals surface area contributed by atoms with Crippen molar-refractivity contribution >= 4 is 0 Å². The Hall–Kier alpha value is -1.30. The van der Waals surface area contributed by atoms with Gasteiger partial charge in [-0.3, -0.25) is 4.90 Å². The highest BCUT2D eigenvalue weighted by Gasteiger charge is 2.19. The molecule has 2 heteroatoms. The van der Waals surface area contributed by atoms with E-state index in [2.05, 4.69) is 5.92 Å². The molecule has 1 N–H and O–H groups in total. The first-order valence-corrected chi connectivity index (χ1v) is 5.03. The van der Waals surface area contributed by atoms with E-state index in [9.17, 15) is 5.11 Å². The summed E-state index contributed by atoms with van der Waals surface area (Å²) in [6.07, 6.45) is 4.74. The molecule has 0 bridgehead atoms. The molecule has 0 saturated heterocycles. The number of likely N-dealkylation sites (N-methyl/N-ethyl adjacent to an activating group) is 1. The summed E-state index contributed by atoms with van der Waals surface area (Å²) in [4.78, 5) is 1.96. The van der Waals surface area contributed by atoms with Crippen molar-refractivity contribution in [2.45, 2.75) is 19.1 Å². The van der Waals surface area contributed by atoms with Crippen LogP contribution in [0.15, 0.2) is 30.3 Å². The van der Waals surface area contributed by atoms with E-state index in [4.69, 9.17) is 6.42 Å². The zero-order valence-corrected chi connectivity index (χ0v) is 9.22. The van der Waals surface area contributed by atoms with Crippen LogP contribution in [-0.2, 0) is 0 Å². The number of rotatable bonds is 4. The first-order chi connectivity index (χ1) is 7.16. The highest BCUT2D eigenvalue weighted by Crippen LogP contribution is 2.19. The summed E-state index contributed by atoms with van der Waals surface area (Å²) >= 11 is 0. The Morgan fingerprint density at radius 1 is 1.40 bits per heavy atom. The van der Waals surface area contributed by atoms with Gasteiger partial charge in [-0.25, -0.2) is 0 Å². The van der Waals surface area contributed by atoms with E-state index in [1.165, 1.54) is 0 Å². The van der Waals surface area contributed by atoms with E-state index in [1.807, 2.05) is 49.2 Å². The zero-order chi connectivity index (χ0) is 11.3. The van der Waals surface area contributed by atoms with Crippen molar-refractivity contribution in [3.05, 3.63) is 35.9 Å². The molecule has 0 spiro atoms. The molecule has 2 atom stereocenters. The van der Waals surface area contributed by atoms with E-state index >= 15 is 0 Å². The summed E-state index contributed by atoms with van der Waals surface area (Å²) in [6.45, 7) is 2.51. The second-order valence-corrected chi connectivity index (χ2v) is 3.72. The van der Waals surface area contributed by atoms with Crippen molar-refractivity contribution in [3.63, 3.8) is 0 Å². The van der Waals surface area contributed by atoms with Crippen molar-refractivity contribution in [2.75, 3.05) is 13.6 Å². The Morgan fingerprint density at radius 3 is 2.53 bits per heavy atom. The minimum atomic E-state index is -0.496. The number of hydrogen-bond donors (Lipinski definition) is 1. The molecule has 0 radical (unpaired) electrons. The molecule has 0 fully saturated rings. The third-order valence-corrected chi connectivity index (χ3v) is 2.63. The molecule has 15 heavy (non-hydrogen) atoms. The fraction of sp³-hybridized carbons (Fsp3) is 0.385. The molecule has 1 rings (SSSR count). The van der Waals surface area contributed by atoms with Gasteiger partial charge in [0.05, 0.1) is 12.6 Å². The quantitative estimate of drug-likeness (QED) is 0.752. The van der Waals surface area contributed by atoms with Crippen LogP contribution >= 0.6 is 0 Å². The van der Waals surface area contributed by atoms with Crippen molar-refractivity contribution in [3.8, 4) is 12.3 Å². The van der Waals surface area contributed by atoms with Gasteiger partial charge in [0.25, 0.3) is 0 Å². The third kappa shape index (κ3) is 3.09. The second-order valence-electron chi connectivity index (χ2n) is 3.72. The van der Waals surface area contributed by atoms with Crippen LogP contribution in [0.1, 0.15) is 18.6 Å². The molecule has 0 aliphatic rings. The van der Waals surface area contributed by atoms with Gasteiger partial charge in [-0.1, -0.05) is 36.3 Å². The average Bonchev–Trinajstić information content (AvgIpc) is 2.28. The third-order valence-electron chi connectivity index (χ3n) is 2.63. The van der Waals surface area contributed by atoms with Gasteiger partial charge in [-0.05, 0) is 19.5 Å². The highest BCUT2D eigenvalue weighted by atomic mass is 16.3. The monoisotopic (exact) mass is 203 g/mol. The van der Waals surface area contributed by atoms with Gasteiger partial charge in [0.1, 0.15) is 0 Å². The maximum atomic E-state index is 10.1. The number of nitrogens with zero attached hydrogens (tertiary/aromatic N) is 1. The first kappa shape index (κ1) is 11.8. The minimum absolute atomic E-state index is 0.0171. The molecular weight excluding hydrogens is 186 g/mol. The number of hydrogen-bond acceptors (Lipinski definition) is 2. The predicted octanol–water partition coefficient (Wildman–Crippen LogP) is 1.67. The lowest BCUT2D eigenvalue weighted by molar-refractivity contribution is 0.0796. The molecule has 0 unspecified atom stereocenters. The number of terminal acetylenes is 1. The Kier molecular flexibility index (Phi) is 4.36. The highest BCUT2D eigenvalue weighted by molar-refractivity contribution is 5.18. The smallest absolute Gasteiger partial charge is 0.0942 e. The maximum absolute atomic E-state index is 10.1. The summed E-state index contributed by atoms with van der Waals surface area (Å²) in [6, 6.07) is 9.64. The zero-order valence-electron chi connectivity index (χ0n) is 9.22. The van der Waals surface area contributed by atoms with Crippen LogP contribution < -0.4 is 0 Å². The summed E-state index contributed by atoms with van der Waals surface area (Å²) in [5, 5.41) is 10.1. The Balaban J connectivity index is 2.69. The van der Waals surface area contributed by atoms with E-state index in [0.717, 1.165) is 5.56 Å². The SMILES string of the molecule is C#CCN(C)[C@@H](C)[C@H](O)c1ccccc1. The first-order valence-electron chi connectivity index (χ1n) is 5.03. The van der Waals surface area contributed by atoms with Crippen LogP contribution in [0.5, 0.6) is 0 Å². The van der Waals surface area contributed by atoms with Gasteiger partial charge in [-0.2, -0.15) is 0 Å². The van der Waals surface area contributed by atoms with Gasteiger partial charge in [0.15, 0.2) is 0 Å². The van der Waals surface area contributed by atoms with Crippen molar-refractivity contribution in [1.29, 1.82) is 0 Å². The molecule has 2 nitrogen and oxygen atoms in total. The van der Waals surface area contributed by atoms with Crippen LogP contribution in [0.3, 0.4) is 0 Å². The lowest BCUT2D eigenvalue weighted by Crippen LogP contribution is -2.34. The van der Waals surface area contributed by atoms with Crippen molar-refractivity contribution in [2.24, 2.45) is 0 Å². The Bertz CT molecular complexity index is 328. The number of aliphatic hydroxyl groups is 1. The summed E-state index contributed by atoms with van der Waals surface area (Å²) in [5.41, 5.74) is 0.925. The Morgan fingerprint density at radius 2 is 2.00 bits per heavy atom. The fourth-order valence-electron chi connectivity index (χ4n) is 1.46. The lowest BCUT2D eigenvalue weighted by atomic mass is 10.0. The van der Waals surface area contributed by atoms with E-state index < -0.39 is 6.10 Å². The average molecular weight is 203 g/mol. The van der Waals surface area contributed by atoms with Gasteiger partial charge in [0.2, 0.25) is 0 Å². The molecule has 0 amide bonds. The molecular formula is C13H17NO. The topological polar surface area (TPSA) is 23.5 Å². The van der Waals surface area contributed by atoms with Crippen LogP contribution in [0, 0.1) is 12.3 Å². The van der Waals surface area contributed by atoms with E-state index in [1.54, 1.807) is 0 Å². The summed E-state index contributed by atoms with van der Waals surface area (Å²) < 4.78 is 0. The number of benzene rings is 1. The summed E-state index contributed by atoms with van der Waals surface area (Å²) in [7, 11) is 1.91. The molecule has 0 saturated carbocycles. The fourth-order valence-corrected chi connectivity index (χ4v) is 1.46. The van der Waals surface area contributed by atoms with Crippen LogP contribution in [-0.4, -0.2) is 29.6 Å². The molecule has 0 aromatic heterocycles. The van der Waals surface area contributed by atoms with Crippen molar-refractivity contribution in [1.82, 2.24) is 4.90 Å². The molecule has 0 heterocycles. The van der Waals surface area contributed by atoms with E-state index in [-0.39, 0.29) is 6.04 Å². The second kappa shape index (κ2) is 5.55. The van der Waals surface area contributed by atoms with Crippen LogP contribution in [0.2, 0.25) is 0 Å². The Labute approximate surface area is 91.5 Å².